The van der Waals surface area contributed by atoms with Crippen LogP contribution in [0, 0.1) is 0 Å². The number of amides is 2. The molecule has 2 N–H and O–H groups in total. The van der Waals surface area contributed by atoms with Gasteiger partial charge in [-0.15, -0.1) is 0 Å². The van der Waals surface area contributed by atoms with Crippen molar-refractivity contribution in [3.8, 4) is 0 Å². The van der Waals surface area contributed by atoms with E-state index in [1.165, 1.54) is 30.3 Å². The molecule has 2 atom stereocenters. The van der Waals surface area contributed by atoms with Gasteiger partial charge in [0.05, 0.1) is 21.9 Å². The first-order valence-corrected chi connectivity index (χ1v) is 14.0. The first-order chi connectivity index (χ1) is 16.4. The van der Waals surface area contributed by atoms with Crippen LogP contribution in [0.4, 0.5) is 5.69 Å². The summed E-state index contributed by atoms with van der Waals surface area (Å²) in [6.07, 6.45) is 0.0980. The number of hydrogen-bond donors (Lipinski definition) is 1. The molecular formula is C24H25N3O6S2. The molecule has 0 saturated carbocycles. The summed E-state index contributed by atoms with van der Waals surface area (Å²) in [6.45, 7) is 3.50. The molecule has 1 aliphatic heterocycles. The number of rotatable bonds is 7. The molecule has 0 bridgehead atoms. The van der Waals surface area contributed by atoms with Crippen molar-refractivity contribution >= 4 is 48.3 Å². The molecule has 3 aromatic carbocycles. The molecule has 0 spiro atoms. The summed E-state index contributed by atoms with van der Waals surface area (Å²) in [6, 6.07) is 15.3. The number of benzene rings is 3. The van der Waals surface area contributed by atoms with Crippen LogP contribution in [0.15, 0.2) is 76.5 Å². The number of carbonyl (C=O) groups excluding carboxylic acids is 2. The van der Waals surface area contributed by atoms with Crippen LogP contribution in [-0.4, -0.2) is 45.0 Å². The Kier molecular flexibility index (Phi) is 6.54. The van der Waals surface area contributed by atoms with Gasteiger partial charge < -0.3 is 0 Å². The van der Waals surface area contributed by atoms with Crippen LogP contribution in [0.1, 0.15) is 26.7 Å². The molecule has 2 unspecified atom stereocenters. The second kappa shape index (κ2) is 9.15. The number of fused-ring (bicyclic) bond motifs is 1. The summed E-state index contributed by atoms with van der Waals surface area (Å²) in [4.78, 5) is 27.0. The standard InChI is InChI=1S/C24H25N3O6S2/c1-3-16(2)27(35(32,33)21-11-8-17-6-4-5-7-18(17)14-21)22-15-23(28)26(24(22)29)19-9-12-20(13-10-19)34(25,30)31/h4-14,16,22H,3,15H2,1-2H3,(H2,25,30,31). The Balaban J connectivity index is 1.73. The topological polar surface area (TPSA) is 135 Å². The SMILES string of the molecule is CCC(C)N(C1CC(=O)N(c2ccc(S(N)(=O)=O)cc2)C1=O)S(=O)(=O)c1ccc2ccccc2c1. The van der Waals surface area contributed by atoms with Crippen molar-refractivity contribution in [2.45, 2.75) is 48.6 Å². The maximum atomic E-state index is 13.8. The van der Waals surface area contributed by atoms with Crippen molar-refractivity contribution in [2.24, 2.45) is 5.14 Å². The van der Waals surface area contributed by atoms with Crippen LogP contribution >= 0.6 is 0 Å². The Labute approximate surface area is 204 Å². The normalized spacial score (nSPS) is 17.9. The average Bonchev–Trinajstić information content (AvgIpc) is 3.11. The van der Waals surface area contributed by atoms with Crippen LogP contribution in [0.5, 0.6) is 0 Å². The molecule has 1 saturated heterocycles. The largest absolute Gasteiger partial charge is 0.274 e. The zero-order valence-corrected chi connectivity index (χ0v) is 20.8. The van der Waals surface area contributed by atoms with Gasteiger partial charge in [-0.1, -0.05) is 37.3 Å². The number of sulfonamides is 2. The summed E-state index contributed by atoms with van der Waals surface area (Å²) < 4.78 is 51.7. The van der Waals surface area contributed by atoms with Gasteiger partial charge in [0, 0.05) is 6.04 Å². The van der Waals surface area contributed by atoms with Gasteiger partial charge in [0.15, 0.2) is 0 Å². The minimum absolute atomic E-state index is 0.0349. The van der Waals surface area contributed by atoms with Crippen molar-refractivity contribution in [3.05, 3.63) is 66.7 Å². The fraction of sp³-hybridized carbons (Fsp3) is 0.250. The van der Waals surface area contributed by atoms with E-state index in [0.717, 1.165) is 20.0 Å². The highest BCUT2D eigenvalue weighted by Gasteiger charge is 2.48. The van der Waals surface area contributed by atoms with Crippen LogP contribution in [0.2, 0.25) is 0 Å². The van der Waals surface area contributed by atoms with Crippen LogP contribution in [-0.2, 0) is 29.6 Å². The molecule has 35 heavy (non-hydrogen) atoms. The van der Waals surface area contributed by atoms with E-state index in [1.807, 2.05) is 18.2 Å². The van der Waals surface area contributed by atoms with Gasteiger partial charge in [0.25, 0.3) is 5.91 Å². The highest BCUT2D eigenvalue weighted by Crippen LogP contribution is 2.32. The van der Waals surface area contributed by atoms with E-state index >= 15 is 0 Å². The Morgan fingerprint density at radius 2 is 1.54 bits per heavy atom. The first-order valence-electron chi connectivity index (χ1n) is 11.0. The van der Waals surface area contributed by atoms with Gasteiger partial charge in [0.2, 0.25) is 26.0 Å². The molecule has 4 rings (SSSR count). The predicted molar refractivity (Wildman–Crippen MR) is 131 cm³/mol. The Bertz CT molecular complexity index is 1520. The van der Waals surface area contributed by atoms with Crippen molar-refractivity contribution in [3.63, 3.8) is 0 Å². The van der Waals surface area contributed by atoms with E-state index in [9.17, 15) is 26.4 Å². The molecule has 184 valence electrons. The van der Waals surface area contributed by atoms with E-state index in [0.29, 0.717) is 6.42 Å². The van der Waals surface area contributed by atoms with Crippen LogP contribution < -0.4 is 10.0 Å². The lowest BCUT2D eigenvalue weighted by atomic mass is 10.1. The monoisotopic (exact) mass is 515 g/mol. The van der Waals surface area contributed by atoms with E-state index < -0.39 is 43.9 Å². The fourth-order valence-corrected chi connectivity index (χ4v) is 6.61. The van der Waals surface area contributed by atoms with Gasteiger partial charge in [-0.25, -0.2) is 26.9 Å². The molecule has 11 heteroatoms. The Hall–Kier alpha value is -3.12. The number of nitrogens with zero attached hydrogens (tertiary/aromatic N) is 2. The van der Waals surface area contributed by atoms with E-state index in [-0.39, 0.29) is 21.9 Å². The van der Waals surface area contributed by atoms with Gasteiger partial charge >= 0.3 is 0 Å². The molecule has 3 aromatic rings. The number of hydrogen-bond acceptors (Lipinski definition) is 6. The number of anilines is 1. The molecule has 0 radical (unpaired) electrons. The summed E-state index contributed by atoms with van der Waals surface area (Å²) in [7, 11) is -8.09. The van der Waals surface area contributed by atoms with E-state index in [1.54, 1.807) is 32.0 Å². The van der Waals surface area contributed by atoms with Crippen molar-refractivity contribution in [1.29, 1.82) is 0 Å². The smallest absolute Gasteiger partial charge is 0.252 e. The number of primary sulfonamides is 1. The van der Waals surface area contributed by atoms with Crippen molar-refractivity contribution in [1.82, 2.24) is 4.31 Å². The Morgan fingerprint density at radius 1 is 0.943 bits per heavy atom. The van der Waals surface area contributed by atoms with Crippen LogP contribution in [0.25, 0.3) is 10.8 Å². The maximum Gasteiger partial charge on any atom is 0.252 e. The fourth-order valence-electron chi connectivity index (χ4n) is 4.21. The molecule has 0 aromatic heterocycles. The van der Waals surface area contributed by atoms with E-state index in [4.69, 9.17) is 5.14 Å². The summed E-state index contributed by atoms with van der Waals surface area (Å²) in [5.74, 6) is -1.27. The van der Waals surface area contributed by atoms with Crippen LogP contribution in [0.3, 0.4) is 0 Å². The summed E-state index contributed by atoms with van der Waals surface area (Å²) in [5.41, 5.74) is 0.141. The highest BCUT2D eigenvalue weighted by atomic mass is 32.2. The van der Waals surface area contributed by atoms with Gasteiger partial charge in [-0.3, -0.25) is 9.59 Å². The molecule has 1 aliphatic rings. The third kappa shape index (κ3) is 4.59. The molecule has 2 amide bonds. The maximum absolute atomic E-state index is 13.8. The summed E-state index contributed by atoms with van der Waals surface area (Å²) in [5, 5.41) is 6.73. The Morgan fingerprint density at radius 3 is 2.14 bits per heavy atom. The van der Waals surface area contributed by atoms with E-state index in [2.05, 4.69) is 0 Å². The highest BCUT2D eigenvalue weighted by molar-refractivity contribution is 7.89. The summed E-state index contributed by atoms with van der Waals surface area (Å²) >= 11 is 0. The second-order valence-corrected chi connectivity index (χ2v) is 11.8. The lowest BCUT2D eigenvalue weighted by Crippen LogP contribution is -2.49. The van der Waals surface area contributed by atoms with Gasteiger partial charge in [-0.05, 0) is 60.5 Å². The van der Waals surface area contributed by atoms with Gasteiger partial charge in [-0.2, -0.15) is 4.31 Å². The third-order valence-corrected chi connectivity index (χ3v) is 9.12. The quantitative estimate of drug-likeness (QED) is 0.481. The average molecular weight is 516 g/mol. The van der Waals surface area contributed by atoms with Gasteiger partial charge in [0.1, 0.15) is 6.04 Å². The van der Waals surface area contributed by atoms with Crippen molar-refractivity contribution in [2.75, 3.05) is 4.90 Å². The predicted octanol–water partition coefficient (Wildman–Crippen LogP) is 2.61. The molecular weight excluding hydrogens is 490 g/mol. The number of imide groups is 1. The minimum Gasteiger partial charge on any atom is -0.274 e. The molecule has 1 heterocycles. The lowest BCUT2D eigenvalue weighted by Gasteiger charge is -2.31. The molecule has 1 fully saturated rings. The zero-order chi connectivity index (χ0) is 25.5. The number of carbonyl (C=O) groups is 2. The third-order valence-electron chi connectivity index (χ3n) is 6.18. The molecule has 0 aliphatic carbocycles. The zero-order valence-electron chi connectivity index (χ0n) is 19.2. The number of nitrogens with two attached hydrogens (primary N) is 1. The minimum atomic E-state index is -4.14. The molecule has 9 nitrogen and oxygen atoms in total. The second-order valence-electron chi connectivity index (χ2n) is 8.43. The lowest BCUT2D eigenvalue weighted by molar-refractivity contribution is -0.122. The first kappa shape index (κ1) is 25.0. The van der Waals surface area contributed by atoms with Crippen molar-refractivity contribution < 1.29 is 26.4 Å².